The normalized spacial score (nSPS) is 48.0. The Hall–Kier alpha value is -0.890. The molecule has 0 aromatic heterocycles. The first kappa shape index (κ1) is 16.3. The summed E-state index contributed by atoms with van der Waals surface area (Å²) in [5.74, 6) is 1.21. The summed E-state index contributed by atoms with van der Waals surface area (Å²) in [5.41, 5.74) is 3.12. The van der Waals surface area contributed by atoms with Gasteiger partial charge in [-0.05, 0) is 61.7 Å². The van der Waals surface area contributed by atoms with Crippen molar-refractivity contribution in [3.05, 3.63) is 11.1 Å². The van der Waals surface area contributed by atoms with Gasteiger partial charge in [-0.2, -0.15) is 5.26 Å². The van der Waals surface area contributed by atoms with Crippen molar-refractivity contribution in [3.8, 4) is 6.07 Å². The second kappa shape index (κ2) is 5.55. The Morgan fingerprint density at radius 2 is 1.96 bits per heavy atom. The van der Waals surface area contributed by atoms with Crippen molar-refractivity contribution in [1.29, 1.82) is 5.26 Å². The zero-order valence-corrected chi connectivity index (χ0v) is 15.2. The lowest BCUT2D eigenvalue weighted by atomic mass is 9.51. The van der Waals surface area contributed by atoms with Gasteiger partial charge >= 0.3 is 0 Å². The van der Waals surface area contributed by atoms with E-state index >= 15 is 0 Å². The SMILES string of the molecule is C[C@]12CC[C@@H]3C4=C(C[C@@H](C#N)[C@H]3[C@@H]1CC[C@@H]2O)CC1(CC4)OCCO1. The molecule has 6 atom stereocenters. The van der Waals surface area contributed by atoms with Crippen molar-refractivity contribution in [2.75, 3.05) is 13.2 Å². The number of aliphatic hydroxyl groups is 1. The van der Waals surface area contributed by atoms with Gasteiger partial charge in [-0.15, -0.1) is 0 Å². The van der Waals surface area contributed by atoms with E-state index in [-0.39, 0.29) is 17.4 Å². The lowest BCUT2D eigenvalue weighted by molar-refractivity contribution is -0.166. The molecule has 1 saturated heterocycles. The molecule has 0 unspecified atom stereocenters. The maximum atomic E-state index is 10.6. The third kappa shape index (κ3) is 2.22. The minimum absolute atomic E-state index is 0.0297. The summed E-state index contributed by atoms with van der Waals surface area (Å²) >= 11 is 0. The maximum absolute atomic E-state index is 10.6. The van der Waals surface area contributed by atoms with Crippen LogP contribution in [0.4, 0.5) is 0 Å². The fraction of sp³-hybridized carbons (Fsp3) is 0.857. The van der Waals surface area contributed by atoms with Gasteiger partial charge in [-0.25, -0.2) is 0 Å². The van der Waals surface area contributed by atoms with E-state index in [1.165, 1.54) is 5.57 Å². The van der Waals surface area contributed by atoms with Gasteiger partial charge in [0.05, 0.1) is 31.3 Å². The first-order valence-corrected chi connectivity index (χ1v) is 10.1. The highest BCUT2D eigenvalue weighted by Gasteiger charge is 2.58. The van der Waals surface area contributed by atoms with E-state index in [1.807, 2.05) is 0 Å². The van der Waals surface area contributed by atoms with Gasteiger partial charge in [0.2, 0.25) is 0 Å². The highest BCUT2D eigenvalue weighted by molar-refractivity contribution is 5.31. The number of fused-ring (bicyclic) bond motifs is 4. The number of hydrogen-bond acceptors (Lipinski definition) is 4. The van der Waals surface area contributed by atoms with E-state index in [0.29, 0.717) is 31.0 Å². The average molecular weight is 343 g/mol. The van der Waals surface area contributed by atoms with Gasteiger partial charge in [-0.1, -0.05) is 18.1 Å². The molecule has 2 saturated carbocycles. The summed E-state index contributed by atoms with van der Waals surface area (Å²) < 4.78 is 11.9. The number of hydrogen-bond donors (Lipinski definition) is 1. The maximum Gasteiger partial charge on any atom is 0.172 e. The van der Waals surface area contributed by atoms with E-state index in [2.05, 4.69) is 13.0 Å². The van der Waals surface area contributed by atoms with E-state index in [9.17, 15) is 10.4 Å². The highest BCUT2D eigenvalue weighted by Crippen LogP contribution is 2.63. The number of allylic oxidation sites excluding steroid dienone is 1. The Balaban J connectivity index is 1.50. The second-order valence-corrected chi connectivity index (χ2v) is 9.28. The molecule has 4 heteroatoms. The molecule has 0 bridgehead atoms. The minimum Gasteiger partial charge on any atom is -0.393 e. The van der Waals surface area contributed by atoms with Crippen LogP contribution >= 0.6 is 0 Å². The summed E-state index contributed by atoms with van der Waals surface area (Å²) in [6, 6.07) is 2.66. The van der Waals surface area contributed by atoms with Gasteiger partial charge in [0, 0.05) is 12.8 Å². The Morgan fingerprint density at radius 3 is 2.72 bits per heavy atom. The lowest BCUT2D eigenvalue weighted by Crippen LogP contribution is -2.49. The lowest BCUT2D eigenvalue weighted by Gasteiger charge is -2.53. The molecule has 3 fully saturated rings. The van der Waals surface area contributed by atoms with Crippen molar-refractivity contribution in [1.82, 2.24) is 0 Å². The van der Waals surface area contributed by atoms with Gasteiger partial charge in [-0.3, -0.25) is 0 Å². The number of rotatable bonds is 0. The summed E-state index contributed by atoms with van der Waals surface area (Å²) in [6.07, 6.45) is 7.88. The molecule has 25 heavy (non-hydrogen) atoms. The Labute approximate surface area is 150 Å². The van der Waals surface area contributed by atoms with E-state index in [0.717, 1.165) is 51.4 Å². The molecular formula is C21H29NO3. The van der Waals surface area contributed by atoms with Crippen molar-refractivity contribution >= 4 is 0 Å². The van der Waals surface area contributed by atoms with E-state index < -0.39 is 5.79 Å². The molecule has 1 N–H and O–H groups in total. The molecule has 4 aliphatic carbocycles. The number of nitriles is 1. The largest absolute Gasteiger partial charge is 0.393 e. The monoisotopic (exact) mass is 343 g/mol. The van der Waals surface area contributed by atoms with Crippen LogP contribution in [0.1, 0.15) is 58.3 Å². The van der Waals surface area contributed by atoms with Crippen LogP contribution in [0.2, 0.25) is 0 Å². The molecule has 0 aromatic carbocycles. The molecule has 0 amide bonds. The molecule has 4 nitrogen and oxygen atoms in total. The fourth-order valence-corrected chi connectivity index (χ4v) is 7.09. The summed E-state index contributed by atoms with van der Waals surface area (Å²) in [4.78, 5) is 0. The van der Waals surface area contributed by atoms with Gasteiger partial charge in [0.15, 0.2) is 5.79 Å². The number of aliphatic hydroxyl groups excluding tert-OH is 1. The molecule has 0 radical (unpaired) electrons. The molecule has 136 valence electrons. The first-order chi connectivity index (χ1) is 12.1. The Bertz CT molecular complexity index is 644. The molecule has 0 aromatic rings. The highest BCUT2D eigenvalue weighted by atomic mass is 16.7. The van der Waals surface area contributed by atoms with Crippen LogP contribution in [0.25, 0.3) is 0 Å². The molecule has 5 aliphatic rings. The van der Waals surface area contributed by atoms with Crippen molar-refractivity contribution in [3.63, 3.8) is 0 Å². The summed E-state index contributed by atoms with van der Waals surface area (Å²) in [7, 11) is 0. The van der Waals surface area contributed by atoms with Gasteiger partial charge in [0.25, 0.3) is 0 Å². The predicted octanol–water partition coefficient (Wildman–Crippen LogP) is 3.56. The van der Waals surface area contributed by atoms with Crippen LogP contribution in [0, 0.1) is 40.4 Å². The zero-order valence-electron chi connectivity index (χ0n) is 15.2. The Morgan fingerprint density at radius 1 is 1.16 bits per heavy atom. The van der Waals surface area contributed by atoms with Crippen LogP contribution in [-0.2, 0) is 9.47 Å². The molecule has 1 aliphatic heterocycles. The standard InChI is InChI=1S/C21H29NO3/c1-20-6-4-16-15-5-7-21(24-8-9-25-21)11-13(15)10-14(12-22)19(16)17(20)2-3-18(20)23/h14,16-19,23H,2-11H2,1H3/t14-,16+,17-,18-,19+,20-/m0/s1. The van der Waals surface area contributed by atoms with Crippen LogP contribution in [0.5, 0.6) is 0 Å². The predicted molar refractivity (Wildman–Crippen MR) is 92.3 cm³/mol. The van der Waals surface area contributed by atoms with Crippen LogP contribution in [0.15, 0.2) is 11.1 Å². The van der Waals surface area contributed by atoms with Crippen LogP contribution in [0.3, 0.4) is 0 Å². The third-order valence-corrected chi connectivity index (χ3v) is 8.35. The van der Waals surface area contributed by atoms with Gasteiger partial charge in [0.1, 0.15) is 0 Å². The average Bonchev–Trinajstić information content (AvgIpc) is 3.18. The second-order valence-electron chi connectivity index (χ2n) is 9.28. The number of ether oxygens (including phenoxy) is 2. The molecule has 1 heterocycles. The van der Waals surface area contributed by atoms with E-state index in [4.69, 9.17) is 9.47 Å². The molecule has 5 rings (SSSR count). The van der Waals surface area contributed by atoms with Gasteiger partial charge < -0.3 is 14.6 Å². The van der Waals surface area contributed by atoms with Crippen molar-refractivity contribution in [2.45, 2.75) is 70.2 Å². The quantitative estimate of drug-likeness (QED) is 0.683. The van der Waals surface area contributed by atoms with Crippen molar-refractivity contribution < 1.29 is 14.6 Å². The topological polar surface area (TPSA) is 62.5 Å². The summed E-state index contributed by atoms with van der Waals surface area (Å²) in [5, 5.41) is 20.5. The minimum atomic E-state index is -0.390. The first-order valence-electron chi connectivity index (χ1n) is 10.1. The fourth-order valence-electron chi connectivity index (χ4n) is 7.09. The number of nitrogens with zero attached hydrogens (tertiary/aromatic N) is 1. The Kier molecular flexibility index (Phi) is 3.62. The van der Waals surface area contributed by atoms with Crippen molar-refractivity contribution in [2.24, 2.45) is 29.1 Å². The van der Waals surface area contributed by atoms with Crippen LogP contribution in [-0.4, -0.2) is 30.2 Å². The smallest absolute Gasteiger partial charge is 0.172 e. The zero-order chi connectivity index (χ0) is 17.2. The summed E-state index contributed by atoms with van der Waals surface area (Å²) in [6.45, 7) is 3.68. The van der Waals surface area contributed by atoms with E-state index in [1.54, 1.807) is 5.57 Å². The third-order valence-electron chi connectivity index (χ3n) is 8.35. The van der Waals surface area contributed by atoms with Crippen LogP contribution < -0.4 is 0 Å². The molecular weight excluding hydrogens is 314 g/mol. The molecule has 1 spiro atoms.